The number of halogens is 1. The highest BCUT2D eigenvalue weighted by molar-refractivity contribution is 6.05. The minimum absolute atomic E-state index is 0.214. The number of aliphatic imine (C=N–C) groups is 1. The van der Waals surface area contributed by atoms with Crippen molar-refractivity contribution in [1.82, 2.24) is 14.5 Å². The normalized spacial score (nSPS) is 19.0. The molecule has 3 heterocycles. The van der Waals surface area contributed by atoms with Gasteiger partial charge in [-0.05, 0) is 25.5 Å². The lowest BCUT2D eigenvalue weighted by atomic mass is 9.76. The summed E-state index contributed by atoms with van der Waals surface area (Å²) in [7, 11) is 1.58. The van der Waals surface area contributed by atoms with Crippen LogP contribution in [-0.4, -0.2) is 72.6 Å². The number of nitrogens with zero attached hydrogens (tertiary/aromatic N) is 5. The Morgan fingerprint density at radius 3 is 2.44 bits per heavy atom. The summed E-state index contributed by atoms with van der Waals surface area (Å²) in [5, 5.41) is 0. The minimum atomic E-state index is -0.666. The highest BCUT2D eigenvalue weighted by Crippen LogP contribution is 2.46. The lowest BCUT2D eigenvalue weighted by Gasteiger charge is -2.39. The third kappa shape index (κ3) is 5.94. The second kappa shape index (κ2) is 12.7. The molecular weight excluding hydrogens is 525 g/mol. The Balaban J connectivity index is 1.58. The van der Waals surface area contributed by atoms with Crippen LogP contribution in [0, 0.1) is 11.7 Å². The van der Waals surface area contributed by atoms with E-state index in [-0.39, 0.29) is 24.9 Å². The van der Waals surface area contributed by atoms with Crippen LogP contribution in [0.3, 0.4) is 0 Å². The molecule has 5 rings (SSSR count). The fraction of sp³-hybridized carbons (Fsp3) is 0.419. The average molecular weight is 562 g/mol. The summed E-state index contributed by atoms with van der Waals surface area (Å²) in [4.78, 5) is 40.6. The first-order valence-electron chi connectivity index (χ1n) is 14.0. The zero-order valence-electron chi connectivity index (χ0n) is 23.8. The van der Waals surface area contributed by atoms with Crippen LogP contribution in [0.1, 0.15) is 36.5 Å². The van der Waals surface area contributed by atoms with E-state index in [4.69, 9.17) is 14.5 Å². The zero-order valence-corrected chi connectivity index (χ0v) is 23.8. The van der Waals surface area contributed by atoms with Gasteiger partial charge in [0.2, 0.25) is 0 Å². The summed E-state index contributed by atoms with van der Waals surface area (Å²) in [6.07, 6.45) is 0. The zero-order chi connectivity index (χ0) is 28.9. The van der Waals surface area contributed by atoms with Crippen molar-refractivity contribution in [3.63, 3.8) is 0 Å². The Labute approximate surface area is 239 Å². The number of carbonyl (C=O) groups is 1. The van der Waals surface area contributed by atoms with Crippen LogP contribution >= 0.6 is 0 Å². The first-order valence-corrected chi connectivity index (χ1v) is 14.0. The number of fused-ring (bicyclic) bond motifs is 1. The summed E-state index contributed by atoms with van der Waals surface area (Å²) < 4.78 is 26.6. The molecular formula is C31H36FN5O4. The van der Waals surface area contributed by atoms with E-state index < -0.39 is 17.5 Å². The first-order chi connectivity index (χ1) is 19.9. The predicted octanol–water partition coefficient (Wildman–Crippen LogP) is 3.77. The van der Waals surface area contributed by atoms with Crippen LogP contribution in [0.4, 0.5) is 16.0 Å². The number of anilines is 1. The summed E-state index contributed by atoms with van der Waals surface area (Å²) in [5.74, 6) is -0.656. The van der Waals surface area contributed by atoms with Gasteiger partial charge in [-0.3, -0.25) is 14.3 Å². The molecule has 2 aromatic carbocycles. The van der Waals surface area contributed by atoms with E-state index >= 15 is 0 Å². The van der Waals surface area contributed by atoms with Gasteiger partial charge in [0, 0.05) is 62.6 Å². The maximum Gasteiger partial charge on any atom is 0.351 e. The summed E-state index contributed by atoms with van der Waals surface area (Å²) >= 11 is 0. The molecule has 0 radical (unpaired) electrons. The second-order valence-corrected chi connectivity index (χ2v) is 10.3. The van der Waals surface area contributed by atoms with E-state index in [0.29, 0.717) is 62.2 Å². The summed E-state index contributed by atoms with van der Waals surface area (Å²) in [6, 6.07) is 16.6. The van der Waals surface area contributed by atoms with Crippen molar-refractivity contribution in [3.8, 4) is 0 Å². The third-order valence-corrected chi connectivity index (χ3v) is 7.79. The predicted molar refractivity (Wildman–Crippen MR) is 155 cm³/mol. The molecule has 2 unspecified atom stereocenters. The van der Waals surface area contributed by atoms with Crippen molar-refractivity contribution in [3.05, 3.63) is 87.6 Å². The number of hydrogen-bond donors (Lipinski definition) is 0. The standard InChI is InChI=1S/C31H36FN5O4/c1-4-41-30(38)25-21(2)33-29-27(26(25)22-10-6-5-7-11-22)28(34-31(39)37(29)18-19-40-3)36-16-14-35(15-17-36)20-23-12-8-9-13-24(23)32/h5-13,25-26H,4,14-20H2,1-3H3. The molecule has 10 heteroatoms. The fourth-order valence-electron chi connectivity index (χ4n) is 5.76. The molecule has 0 amide bonds. The van der Waals surface area contributed by atoms with Crippen molar-refractivity contribution in [1.29, 1.82) is 0 Å². The maximum absolute atomic E-state index is 14.3. The molecule has 9 nitrogen and oxygen atoms in total. The van der Waals surface area contributed by atoms with Crippen LogP contribution in [0.5, 0.6) is 0 Å². The average Bonchev–Trinajstić information content (AvgIpc) is 2.98. The number of carbonyl (C=O) groups excluding carboxylic acids is 1. The minimum Gasteiger partial charge on any atom is -0.465 e. The van der Waals surface area contributed by atoms with E-state index in [1.54, 1.807) is 26.2 Å². The molecule has 1 saturated heterocycles. The van der Waals surface area contributed by atoms with Gasteiger partial charge in [0.15, 0.2) is 0 Å². The van der Waals surface area contributed by atoms with Crippen molar-refractivity contribution in [2.75, 3.05) is 51.4 Å². The Bertz CT molecular complexity index is 1470. The van der Waals surface area contributed by atoms with Gasteiger partial charge >= 0.3 is 11.7 Å². The van der Waals surface area contributed by atoms with E-state index in [1.807, 2.05) is 43.3 Å². The SMILES string of the molecule is CCOC(=O)C1C(C)=Nc2c(c(N3CCN(Cc4ccccc4F)CC3)nc(=O)n2CCOC)C1c1ccccc1. The fourth-order valence-corrected chi connectivity index (χ4v) is 5.76. The molecule has 0 N–H and O–H groups in total. The van der Waals surface area contributed by atoms with Crippen LogP contribution in [-0.2, 0) is 27.4 Å². The molecule has 3 aromatic rings. The smallest absolute Gasteiger partial charge is 0.351 e. The van der Waals surface area contributed by atoms with Gasteiger partial charge in [0.05, 0.1) is 19.8 Å². The van der Waals surface area contributed by atoms with Gasteiger partial charge in [0.1, 0.15) is 23.4 Å². The molecule has 0 saturated carbocycles. The quantitative estimate of drug-likeness (QED) is 0.368. The van der Waals surface area contributed by atoms with Gasteiger partial charge in [-0.15, -0.1) is 0 Å². The lowest BCUT2D eigenvalue weighted by Crippen LogP contribution is -2.48. The van der Waals surface area contributed by atoms with Crippen molar-refractivity contribution in [2.24, 2.45) is 10.9 Å². The van der Waals surface area contributed by atoms with E-state index in [0.717, 1.165) is 11.1 Å². The summed E-state index contributed by atoms with van der Waals surface area (Å²) in [5.41, 5.74) is 2.48. The molecule has 2 aliphatic heterocycles. The Kier molecular flexibility index (Phi) is 8.90. The van der Waals surface area contributed by atoms with Crippen LogP contribution in [0.25, 0.3) is 0 Å². The molecule has 0 bridgehead atoms. The number of rotatable bonds is 9. The van der Waals surface area contributed by atoms with Crippen molar-refractivity contribution >= 4 is 23.3 Å². The van der Waals surface area contributed by atoms with Crippen LogP contribution in [0.15, 0.2) is 64.4 Å². The number of esters is 1. The Morgan fingerprint density at radius 1 is 1.05 bits per heavy atom. The molecule has 0 aliphatic carbocycles. The number of piperazine rings is 1. The number of ether oxygens (including phenoxy) is 2. The molecule has 1 aromatic heterocycles. The number of aromatic nitrogens is 2. The number of hydrogen-bond acceptors (Lipinski definition) is 8. The monoisotopic (exact) mass is 561 g/mol. The van der Waals surface area contributed by atoms with Crippen LogP contribution < -0.4 is 10.6 Å². The molecule has 216 valence electrons. The van der Waals surface area contributed by atoms with Crippen molar-refractivity contribution in [2.45, 2.75) is 32.9 Å². The van der Waals surface area contributed by atoms with Gasteiger partial charge in [-0.25, -0.2) is 14.2 Å². The highest BCUT2D eigenvalue weighted by atomic mass is 19.1. The Morgan fingerprint density at radius 2 is 1.76 bits per heavy atom. The van der Waals surface area contributed by atoms with Gasteiger partial charge in [-0.1, -0.05) is 48.5 Å². The summed E-state index contributed by atoms with van der Waals surface area (Å²) in [6.45, 7) is 7.45. The van der Waals surface area contributed by atoms with Gasteiger partial charge < -0.3 is 14.4 Å². The molecule has 2 aliphatic rings. The van der Waals surface area contributed by atoms with E-state index in [9.17, 15) is 14.0 Å². The van der Waals surface area contributed by atoms with Gasteiger partial charge in [-0.2, -0.15) is 4.98 Å². The number of methoxy groups -OCH3 is 1. The molecule has 41 heavy (non-hydrogen) atoms. The Hall–Kier alpha value is -3.89. The van der Waals surface area contributed by atoms with E-state index in [2.05, 4.69) is 14.8 Å². The van der Waals surface area contributed by atoms with E-state index in [1.165, 1.54) is 10.6 Å². The molecule has 1 fully saturated rings. The molecule has 0 spiro atoms. The largest absolute Gasteiger partial charge is 0.465 e. The van der Waals surface area contributed by atoms with Crippen molar-refractivity contribution < 1.29 is 18.7 Å². The maximum atomic E-state index is 14.3. The topological polar surface area (TPSA) is 89.3 Å². The van der Waals surface area contributed by atoms with Gasteiger partial charge in [0.25, 0.3) is 0 Å². The number of benzene rings is 2. The first kappa shape index (κ1) is 28.6. The molecule has 2 atom stereocenters. The highest BCUT2D eigenvalue weighted by Gasteiger charge is 2.43. The third-order valence-electron chi connectivity index (χ3n) is 7.79. The second-order valence-electron chi connectivity index (χ2n) is 10.3. The lowest BCUT2D eigenvalue weighted by molar-refractivity contribution is -0.146. The van der Waals surface area contributed by atoms with Crippen LogP contribution in [0.2, 0.25) is 0 Å².